The molecule has 1 amide bonds. The molecule has 4 rings (SSSR count). The van der Waals surface area contributed by atoms with Crippen molar-refractivity contribution < 1.29 is 4.79 Å². The SMILES string of the molecule is Cc1cc(C(=O)Nc2nc3c(s2)CCCCC3)nn1-c1ccccc1. The Kier molecular flexibility index (Phi) is 4.36. The Morgan fingerprint density at radius 2 is 1.96 bits per heavy atom. The van der Waals surface area contributed by atoms with Crippen LogP contribution in [0.5, 0.6) is 0 Å². The minimum Gasteiger partial charge on any atom is -0.296 e. The molecule has 2 heterocycles. The molecule has 1 aliphatic rings. The number of thiazole rings is 1. The molecular formula is C19H20N4OS. The van der Waals surface area contributed by atoms with E-state index < -0.39 is 0 Å². The van der Waals surface area contributed by atoms with E-state index in [1.54, 1.807) is 22.1 Å². The van der Waals surface area contributed by atoms with Crippen LogP contribution in [0.1, 0.15) is 46.0 Å². The minimum atomic E-state index is -0.207. The zero-order valence-electron chi connectivity index (χ0n) is 14.2. The van der Waals surface area contributed by atoms with E-state index in [0.717, 1.165) is 29.9 Å². The summed E-state index contributed by atoms with van der Waals surface area (Å²) >= 11 is 1.60. The number of aromatic nitrogens is 3. The molecule has 0 saturated heterocycles. The number of nitrogens with zero attached hydrogens (tertiary/aromatic N) is 3. The third-order valence-corrected chi connectivity index (χ3v) is 5.51. The van der Waals surface area contributed by atoms with E-state index in [9.17, 15) is 4.79 Å². The van der Waals surface area contributed by atoms with Crippen molar-refractivity contribution in [2.75, 3.05) is 5.32 Å². The predicted molar refractivity (Wildman–Crippen MR) is 99.6 cm³/mol. The summed E-state index contributed by atoms with van der Waals surface area (Å²) in [6.45, 7) is 1.95. The Bertz CT molecular complexity index is 874. The van der Waals surface area contributed by atoms with Crippen LogP contribution in [-0.4, -0.2) is 20.7 Å². The molecule has 1 N–H and O–H groups in total. The number of amides is 1. The Hall–Kier alpha value is -2.47. The number of para-hydroxylation sites is 1. The van der Waals surface area contributed by atoms with Crippen LogP contribution in [0.4, 0.5) is 5.13 Å². The second-order valence-corrected chi connectivity index (χ2v) is 7.41. The van der Waals surface area contributed by atoms with Gasteiger partial charge in [-0.3, -0.25) is 10.1 Å². The van der Waals surface area contributed by atoms with Crippen LogP contribution in [0.25, 0.3) is 5.69 Å². The summed E-state index contributed by atoms with van der Waals surface area (Å²) in [4.78, 5) is 18.5. The van der Waals surface area contributed by atoms with E-state index in [4.69, 9.17) is 0 Å². The van der Waals surface area contributed by atoms with Gasteiger partial charge in [0, 0.05) is 10.6 Å². The normalized spacial score (nSPS) is 14.0. The molecule has 0 bridgehead atoms. The summed E-state index contributed by atoms with van der Waals surface area (Å²) in [7, 11) is 0. The molecule has 0 unspecified atom stereocenters. The van der Waals surface area contributed by atoms with Crippen molar-refractivity contribution in [2.24, 2.45) is 0 Å². The van der Waals surface area contributed by atoms with Crippen LogP contribution in [0.3, 0.4) is 0 Å². The zero-order valence-corrected chi connectivity index (χ0v) is 15.0. The smallest absolute Gasteiger partial charge is 0.277 e. The van der Waals surface area contributed by atoms with E-state index in [1.807, 2.05) is 37.3 Å². The lowest BCUT2D eigenvalue weighted by Crippen LogP contribution is -2.13. The summed E-state index contributed by atoms with van der Waals surface area (Å²) in [5.41, 5.74) is 3.43. The zero-order chi connectivity index (χ0) is 17.2. The first-order chi connectivity index (χ1) is 12.2. The van der Waals surface area contributed by atoms with Gasteiger partial charge in [0.1, 0.15) is 0 Å². The average Bonchev–Trinajstić information content (AvgIpc) is 3.12. The number of benzene rings is 1. The molecule has 5 nitrogen and oxygen atoms in total. The second kappa shape index (κ2) is 6.80. The number of aryl methyl sites for hydroxylation is 3. The second-order valence-electron chi connectivity index (χ2n) is 6.32. The highest BCUT2D eigenvalue weighted by Gasteiger charge is 2.18. The van der Waals surface area contributed by atoms with Gasteiger partial charge >= 0.3 is 0 Å². The van der Waals surface area contributed by atoms with Gasteiger partial charge in [0.25, 0.3) is 5.91 Å². The summed E-state index contributed by atoms with van der Waals surface area (Å²) in [6, 6.07) is 11.6. The number of carbonyl (C=O) groups is 1. The van der Waals surface area contributed by atoms with Gasteiger partial charge in [0.05, 0.1) is 11.4 Å². The molecule has 0 fully saturated rings. The van der Waals surface area contributed by atoms with Crippen LogP contribution in [0.15, 0.2) is 36.4 Å². The predicted octanol–water partition coefficient (Wildman–Crippen LogP) is 4.16. The number of fused-ring (bicyclic) bond motifs is 1. The maximum absolute atomic E-state index is 12.6. The highest BCUT2D eigenvalue weighted by atomic mass is 32.1. The van der Waals surface area contributed by atoms with Gasteiger partial charge in [0.2, 0.25) is 0 Å². The van der Waals surface area contributed by atoms with Gasteiger partial charge in [-0.2, -0.15) is 5.10 Å². The molecule has 3 aromatic rings. The van der Waals surface area contributed by atoms with Crippen molar-refractivity contribution in [3.63, 3.8) is 0 Å². The summed E-state index contributed by atoms with van der Waals surface area (Å²) in [5.74, 6) is -0.207. The van der Waals surface area contributed by atoms with Gasteiger partial charge in [-0.15, -0.1) is 11.3 Å². The largest absolute Gasteiger partial charge is 0.296 e. The van der Waals surface area contributed by atoms with Crippen molar-refractivity contribution in [3.8, 4) is 5.69 Å². The van der Waals surface area contributed by atoms with Crippen LogP contribution in [0.2, 0.25) is 0 Å². The van der Waals surface area contributed by atoms with Crippen molar-refractivity contribution in [1.29, 1.82) is 0 Å². The topological polar surface area (TPSA) is 59.8 Å². The molecule has 0 aliphatic heterocycles. The van der Waals surface area contributed by atoms with Crippen LogP contribution in [-0.2, 0) is 12.8 Å². The number of hydrogen-bond donors (Lipinski definition) is 1. The standard InChI is InChI=1S/C19H20N4OS/c1-13-12-16(22-23(13)14-8-4-2-5-9-14)18(24)21-19-20-15-10-6-3-7-11-17(15)25-19/h2,4-5,8-9,12H,3,6-7,10-11H2,1H3,(H,20,21,24). The van der Waals surface area contributed by atoms with Gasteiger partial charge in [-0.05, 0) is 50.8 Å². The Balaban J connectivity index is 1.54. The fourth-order valence-electron chi connectivity index (χ4n) is 3.16. The van der Waals surface area contributed by atoms with Gasteiger partial charge in [-0.1, -0.05) is 24.6 Å². The number of carbonyl (C=O) groups excluding carboxylic acids is 1. The minimum absolute atomic E-state index is 0.207. The third-order valence-electron chi connectivity index (χ3n) is 4.44. The number of nitrogens with one attached hydrogen (secondary N) is 1. The monoisotopic (exact) mass is 352 g/mol. The van der Waals surface area contributed by atoms with Crippen molar-refractivity contribution in [2.45, 2.75) is 39.0 Å². The third kappa shape index (κ3) is 3.35. The summed E-state index contributed by atoms with van der Waals surface area (Å²) < 4.78 is 1.78. The fraction of sp³-hybridized carbons (Fsp3) is 0.316. The summed E-state index contributed by atoms with van der Waals surface area (Å²) in [5, 5.41) is 8.06. The molecule has 25 heavy (non-hydrogen) atoms. The molecule has 0 atom stereocenters. The first-order valence-corrected chi connectivity index (χ1v) is 9.44. The van der Waals surface area contributed by atoms with Gasteiger partial charge < -0.3 is 0 Å². The van der Waals surface area contributed by atoms with Crippen LogP contribution < -0.4 is 5.32 Å². The number of rotatable bonds is 3. The lowest BCUT2D eigenvalue weighted by Gasteiger charge is -2.02. The van der Waals surface area contributed by atoms with E-state index in [2.05, 4.69) is 15.4 Å². The van der Waals surface area contributed by atoms with Crippen molar-refractivity contribution in [1.82, 2.24) is 14.8 Å². The molecule has 6 heteroatoms. The molecule has 1 aromatic carbocycles. The van der Waals surface area contributed by atoms with E-state index in [-0.39, 0.29) is 5.91 Å². The molecule has 0 spiro atoms. The molecular weight excluding hydrogens is 332 g/mol. The number of anilines is 1. The first kappa shape index (κ1) is 16.0. The van der Waals surface area contributed by atoms with Crippen molar-refractivity contribution >= 4 is 22.4 Å². The van der Waals surface area contributed by atoms with Crippen LogP contribution >= 0.6 is 11.3 Å². The maximum Gasteiger partial charge on any atom is 0.277 e. The average molecular weight is 352 g/mol. The lowest BCUT2D eigenvalue weighted by atomic mass is 10.2. The first-order valence-electron chi connectivity index (χ1n) is 8.63. The molecule has 0 saturated carbocycles. The van der Waals surface area contributed by atoms with E-state index in [1.165, 1.54) is 24.1 Å². The highest BCUT2D eigenvalue weighted by Crippen LogP contribution is 2.29. The van der Waals surface area contributed by atoms with Crippen LogP contribution in [0, 0.1) is 6.92 Å². The summed E-state index contributed by atoms with van der Waals surface area (Å²) in [6.07, 6.45) is 5.75. The van der Waals surface area contributed by atoms with E-state index in [0.29, 0.717) is 10.8 Å². The molecule has 128 valence electrons. The molecule has 2 aromatic heterocycles. The Morgan fingerprint density at radius 1 is 1.16 bits per heavy atom. The lowest BCUT2D eigenvalue weighted by molar-refractivity contribution is 0.102. The maximum atomic E-state index is 12.6. The highest BCUT2D eigenvalue weighted by molar-refractivity contribution is 7.15. The van der Waals surface area contributed by atoms with Gasteiger partial charge in [0.15, 0.2) is 10.8 Å². The molecule has 1 aliphatic carbocycles. The van der Waals surface area contributed by atoms with Gasteiger partial charge in [-0.25, -0.2) is 9.67 Å². The quantitative estimate of drug-likeness (QED) is 0.720. The Labute approximate surface area is 150 Å². The number of hydrogen-bond acceptors (Lipinski definition) is 4. The van der Waals surface area contributed by atoms with E-state index >= 15 is 0 Å². The Morgan fingerprint density at radius 3 is 2.80 bits per heavy atom. The fourth-order valence-corrected chi connectivity index (χ4v) is 4.20. The molecule has 0 radical (unpaired) electrons. The van der Waals surface area contributed by atoms with Crippen molar-refractivity contribution in [3.05, 3.63) is 58.4 Å².